The molecule has 0 amide bonds. The van der Waals surface area contributed by atoms with Crippen molar-refractivity contribution in [1.29, 1.82) is 0 Å². The van der Waals surface area contributed by atoms with Gasteiger partial charge in [0.15, 0.2) is 0 Å². The lowest BCUT2D eigenvalue weighted by Gasteiger charge is -2.09. The van der Waals surface area contributed by atoms with E-state index in [2.05, 4.69) is 0 Å². The largest absolute Gasteiger partial charge is 0.496 e. The van der Waals surface area contributed by atoms with Gasteiger partial charge in [0.05, 0.1) is 12.7 Å². The highest BCUT2D eigenvalue weighted by molar-refractivity contribution is 5.94. The molecule has 1 rings (SSSR count). The van der Waals surface area contributed by atoms with Gasteiger partial charge >= 0.3 is 5.97 Å². The molecule has 0 radical (unpaired) electrons. The lowest BCUT2D eigenvalue weighted by Crippen LogP contribution is -2.04. The lowest BCUT2D eigenvalue weighted by atomic mass is 10.1. The van der Waals surface area contributed by atoms with Crippen LogP contribution < -0.4 is 10.5 Å². The maximum absolute atomic E-state index is 10.8. The summed E-state index contributed by atoms with van der Waals surface area (Å²) in [6.45, 7) is 1.93. The zero-order valence-corrected chi connectivity index (χ0v) is 8.20. The molecule has 1 aromatic rings. The minimum atomic E-state index is -1.01. The second kappa shape index (κ2) is 4.00. The molecule has 4 nitrogen and oxygen atoms in total. The van der Waals surface area contributed by atoms with Crippen LogP contribution in [0.2, 0.25) is 0 Å². The van der Waals surface area contributed by atoms with Crippen LogP contribution in [0.3, 0.4) is 0 Å². The van der Waals surface area contributed by atoms with E-state index in [1.165, 1.54) is 7.11 Å². The second-order valence-corrected chi connectivity index (χ2v) is 2.91. The van der Waals surface area contributed by atoms with Gasteiger partial charge in [-0.05, 0) is 18.1 Å². The van der Waals surface area contributed by atoms with Crippen molar-refractivity contribution in [3.63, 3.8) is 0 Å². The van der Waals surface area contributed by atoms with Gasteiger partial charge in [-0.2, -0.15) is 0 Å². The van der Waals surface area contributed by atoms with Gasteiger partial charge in [-0.1, -0.05) is 6.92 Å². The molecule has 0 spiro atoms. The molecule has 0 aliphatic heterocycles. The molecular weight excluding hydrogens is 182 g/mol. The van der Waals surface area contributed by atoms with Crippen molar-refractivity contribution in [2.45, 2.75) is 13.3 Å². The number of methoxy groups -OCH3 is 1. The number of aromatic carboxylic acids is 1. The number of carboxylic acids is 1. The number of ether oxygens (including phenoxy) is 1. The number of hydrogen-bond donors (Lipinski definition) is 2. The molecule has 0 heterocycles. The molecule has 0 saturated heterocycles. The molecule has 0 aliphatic carbocycles. The van der Waals surface area contributed by atoms with Crippen LogP contribution in [0.1, 0.15) is 22.8 Å². The number of hydrogen-bond acceptors (Lipinski definition) is 3. The number of nitrogens with two attached hydrogens (primary N) is 1. The van der Waals surface area contributed by atoms with Crippen molar-refractivity contribution in [3.05, 3.63) is 23.3 Å². The Morgan fingerprint density at radius 3 is 2.64 bits per heavy atom. The zero-order valence-electron chi connectivity index (χ0n) is 8.20. The van der Waals surface area contributed by atoms with Crippen LogP contribution in [-0.4, -0.2) is 18.2 Å². The Morgan fingerprint density at radius 1 is 1.57 bits per heavy atom. The number of carbonyl (C=O) groups is 1. The van der Waals surface area contributed by atoms with Crippen molar-refractivity contribution >= 4 is 11.7 Å². The number of rotatable bonds is 3. The van der Waals surface area contributed by atoms with Gasteiger partial charge in [0.1, 0.15) is 5.75 Å². The molecule has 76 valence electrons. The van der Waals surface area contributed by atoms with Gasteiger partial charge in [0, 0.05) is 11.8 Å². The van der Waals surface area contributed by atoms with E-state index in [0.29, 0.717) is 12.2 Å². The summed E-state index contributed by atoms with van der Waals surface area (Å²) in [4.78, 5) is 10.8. The highest BCUT2D eigenvalue weighted by Gasteiger charge is 2.12. The van der Waals surface area contributed by atoms with E-state index in [0.717, 1.165) is 5.56 Å². The SMILES string of the molecule is CCc1cc(C(=O)O)c(N)cc1OC. The standard InChI is InChI=1S/C10H13NO3/c1-3-6-4-7(10(12)13)8(11)5-9(6)14-2/h4-5H,3,11H2,1-2H3,(H,12,13). The fraction of sp³-hybridized carbons (Fsp3) is 0.300. The van der Waals surface area contributed by atoms with Gasteiger partial charge in [0.25, 0.3) is 0 Å². The van der Waals surface area contributed by atoms with E-state index in [1.54, 1.807) is 12.1 Å². The topological polar surface area (TPSA) is 72.5 Å². The molecule has 4 heteroatoms. The summed E-state index contributed by atoms with van der Waals surface area (Å²) in [6, 6.07) is 3.10. The number of aryl methyl sites for hydroxylation is 1. The fourth-order valence-electron chi connectivity index (χ4n) is 1.29. The van der Waals surface area contributed by atoms with E-state index >= 15 is 0 Å². The summed E-state index contributed by atoms with van der Waals surface area (Å²) in [5.41, 5.74) is 6.76. The summed E-state index contributed by atoms with van der Waals surface area (Å²) in [5.74, 6) is -0.380. The molecule has 0 fully saturated rings. The maximum Gasteiger partial charge on any atom is 0.337 e. The molecule has 0 aliphatic rings. The first-order valence-electron chi connectivity index (χ1n) is 4.29. The van der Waals surface area contributed by atoms with Gasteiger partial charge < -0.3 is 15.6 Å². The van der Waals surface area contributed by atoms with Crippen molar-refractivity contribution in [3.8, 4) is 5.75 Å². The monoisotopic (exact) mass is 195 g/mol. The van der Waals surface area contributed by atoms with Gasteiger partial charge in [-0.25, -0.2) is 4.79 Å². The third kappa shape index (κ3) is 1.79. The quantitative estimate of drug-likeness (QED) is 0.717. The average molecular weight is 195 g/mol. The van der Waals surface area contributed by atoms with Crippen LogP contribution >= 0.6 is 0 Å². The molecule has 0 aromatic heterocycles. The third-order valence-corrected chi connectivity index (χ3v) is 2.06. The Bertz CT molecular complexity index is 361. The number of nitrogen functional groups attached to an aromatic ring is 1. The van der Waals surface area contributed by atoms with Gasteiger partial charge in [0.2, 0.25) is 0 Å². The van der Waals surface area contributed by atoms with Crippen LogP contribution in [0.25, 0.3) is 0 Å². The molecular formula is C10H13NO3. The van der Waals surface area contributed by atoms with Crippen molar-refractivity contribution in [2.24, 2.45) is 0 Å². The smallest absolute Gasteiger partial charge is 0.337 e. The molecule has 14 heavy (non-hydrogen) atoms. The predicted octanol–water partition coefficient (Wildman–Crippen LogP) is 1.54. The van der Waals surface area contributed by atoms with E-state index in [-0.39, 0.29) is 11.3 Å². The lowest BCUT2D eigenvalue weighted by molar-refractivity contribution is 0.0698. The minimum Gasteiger partial charge on any atom is -0.496 e. The summed E-state index contributed by atoms with van der Waals surface area (Å²) in [5, 5.41) is 8.83. The molecule has 3 N–H and O–H groups in total. The van der Waals surface area contributed by atoms with Gasteiger partial charge in [-0.3, -0.25) is 0 Å². The summed E-state index contributed by atoms with van der Waals surface area (Å²) >= 11 is 0. The van der Waals surface area contributed by atoms with Crippen LogP contribution in [0.15, 0.2) is 12.1 Å². The molecule has 0 bridgehead atoms. The molecule has 0 saturated carbocycles. The van der Waals surface area contributed by atoms with E-state index in [1.807, 2.05) is 6.92 Å². The van der Waals surface area contributed by atoms with Crippen LogP contribution in [0.4, 0.5) is 5.69 Å². The predicted molar refractivity (Wildman–Crippen MR) is 53.7 cm³/mol. The van der Waals surface area contributed by atoms with Gasteiger partial charge in [-0.15, -0.1) is 0 Å². The fourth-order valence-corrected chi connectivity index (χ4v) is 1.29. The highest BCUT2D eigenvalue weighted by Crippen LogP contribution is 2.25. The Balaban J connectivity index is 3.30. The average Bonchev–Trinajstić information content (AvgIpc) is 2.16. The van der Waals surface area contributed by atoms with E-state index in [9.17, 15) is 4.79 Å². The Hall–Kier alpha value is -1.71. The first kappa shape index (κ1) is 10.4. The summed E-state index contributed by atoms with van der Waals surface area (Å²) in [7, 11) is 1.54. The number of anilines is 1. The Morgan fingerprint density at radius 2 is 2.21 bits per heavy atom. The van der Waals surface area contributed by atoms with E-state index < -0.39 is 5.97 Å². The summed E-state index contributed by atoms with van der Waals surface area (Å²) in [6.07, 6.45) is 0.712. The summed E-state index contributed by atoms with van der Waals surface area (Å²) < 4.78 is 5.08. The highest BCUT2D eigenvalue weighted by atomic mass is 16.5. The Kier molecular flexibility index (Phi) is 2.96. The van der Waals surface area contributed by atoms with Crippen molar-refractivity contribution in [1.82, 2.24) is 0 Å². The van der Waals surface area contributed by atoms with Crippen LogP contribution in [0.5, 0.6) is 5.75 Å². The minimum absolute atomic E-state index is 0.127. The third-order valence-electron chi connectivity index (χ3n) is 2.06. The van der Waals surface area contributed by atoms with Crippen molar-refractivity contribution < 1.29 is 14.6 Å². The zero-order chi connectivity index (χ0) is 10.7. The Labute approximate surface area is 82.3 Å². The van der Waals surface area contributed by atoms with Crippen molar-refractivity contribution in [2.75, 3.05) is 12.8 Å². The number of carboxylic acid groups (broad SMARTS) is 1. The normalized spacial score (nSPS) is 9.86. The number of benzene rings is 1. The molecule has 1 aromatic carbocycles. The maximum atomic E-state index is 10.8. The first-order chi connectivity index (χ1) is 6.60. The molecule has 0 unspecified atom stereocenters. The second-order valence-electron chi connectivity index (χ2n) is 2.91. The van der Waals surface area contributed by atoms with Crippen LogP contribution in [0, 0.1) is 0 Å². The molecule has 0 atom stereocenters. The first-order valence-corrected chi connectivity index (χ1v) is 4.29. The van der Waals surface area contributed by atoms with E-state index in [4.69, 9.17) is 15.6 Å². The van der Waals surface area contributed by atoms with Crippen LogP contribution in [-0.2, 0) is 6.42 Å².